The van der Waals surface area contributed by atoms with Crippen LogP contribution < -0.4 is 5.32 Å². The Morgan fingerprint density at radius 1 is 1.42 bits per heavy atom. The summed E-state index contributed by atoms with van der Waals surface area (Å²) in [4.78, 5) is 27.0. The number of carbonyl (C=O) groups excluding carboxylic acids is 1. The zero-order valence-corrected chi connectivity index (χ0v) is 14.1. The third-order valence-corrected chi connectivity index (χ3v) is 4.45. The molecule has 0 aromatic carbocycles. The number of nitrogens with one attached hydrogen (secondary N) is 1. The highest BCUT2D eigenvalue weighted by molar-refractivity contribution is 5.75. The monoisotopic (exact) mass is 375 g/mol. The van der Waals surface area contributed by atoms with E-state index in [4.69, 9.17) is 14.6 Å². The van der Waals surface area contributed by atoms with E-state index in [2.05, 4.69) is 10.3 Å². The molecule has 1 aliphatic carbocycles. The van der Waals surface area contributed by atoms with Crippen LogP contribution in [0.2, 0.25) is 0 Å². The maximum atomic E-state index is 12.2. The lowest BCUT2D eigenvalue weighted by atomic mass is 10.1. The van der Waals surface area contributed by atoms with Gasteiger partial charge in [-0.05, 0) is 24.5 Å². The van der Waals surface area contributed by atoms with Crippen molar-refractivity contribution in [3.8, 4) is 0 Å². The number of amides is 2. The summed E-state index contributed by atoms with van der Waals surface area (Å²) >= 11 is 0. The lowest BCUT2D eigenvalue weighted by Crippen LogP contribution is -2.46. The number of methoxy groups -OCH3 is 1. The van der Waals surface area contributed by atoms with E-state index < -0.39 is 12.1 Å². The van der Waals surface area contributed by atoms with Gasteiger partial charge in [0.05, 0.1) is 6.10 Å². The van der Waals surface area contributed by atoms with Gasteiger partial charge in [0.15, 0.2) is 0 Å². The number of alkyl halides is 3. The Hall–Kier alpha value is -2.36. The fraction of sp³-hybridized carbons (Fsp3) is 0.562. The quantitative estimate of drug-likeness (QED) is 0.844. The lowest BCUT2D eigenvalue weighted by molar-refractivity contribution is -0.192. The first kappa shape index (κ1) is 20.0. The van der Waals surface area contributed by atoms with Crippen molar-refractivity contribution < 1.29 is 32.6 Å². The molecule has 2 aliphatic rings. The predicted molar refractivity (Wildman–Crippen MR) is 84.2 cm³/mol. The van der Waals surface area contributed by atoms with Gasteiger partial charge >= 0.3 is 18.2 Å². The average molecular weight is 375 g/mol. The molecule has 10 heteroatoms. The molecule has 2 heterocycles. The molecule has 26 heavy (non-hydrogen) atoms. The number of carboxylic acids is 1. The number of piperidine rings is 1. The van der Waals surface area contributed by atoms with Crippen LogP contribution in [0.15, 0.2) is 24.5 Å². The summed E-state index contributed by atoms with van der Waals surface area (Å²) in [5.41, 5.74) is 1.02. The molecule has 1 aliphatic heterocycles. The maximum absolute atomic E-state index is 12.2. The van der Waals surface area contributed by atoms with Gasteiger partial charge < -0.3 is 20.1 Å². The van der Waals surface area contributed by atoms with Crippen LogP contribution in [0, 0.1) is 5.92 Å². The first-order valence-corrected chi connectivity index (χ1v) is 7.98. The normalized spacial score (nSPS) is 24.0. The van der Waals surface area contributed by atoms with E-state index in [1.54, 1.807) is 19.5 Å². The number of pyridine rings is 1. The van der Waals surface area contributed by atoms with Gasteiger partial charge in [-0.2, -0.15) is 13.2 Å². The second kappa shape index (κ2) is 8.35. The molecular weight excluding hydrogens is 355 g/mol. The first-order chi connectivity index (χ1) is 12.2. The number of hydrogen-bond acceptors (Lipinski definition) is 4. The molecular formula is C16H20F3N3O4. The van der Waals surface area contributed by atoms with Crippen molar-refractivity contribution in [2.24, 2.45) is 5.92 Å². The van der Waals surface area contributed by atoms with Crippen molar-refractivity contribution in [2.45, 2.75) is 37.7 Å². The van der Waals surface area contributed by atoms with Gasteiger partial charge in [0, 0.05) is 44.6 Å². The number of ether oxygens (including phenoxy) is 1. The zero-order chi connectivity index (χ0) is 19.3. The van der Waals surface area contributed by atoms with E-state index in [9.17, 15) is 18.0 Å². The van der Waals surface area contributed by atoms with Crippen LogP contribution in [0.5, 0.6) is 0 Å². The fourth-order valence-corrected chi connectivity index (χ4v) is 3.23. The topological polar surface area (TPSA) is 91.8 Å². The van der Waals surface area contributed by atoms with Crippen LogP contribution in [0.1, 0.15) is 18.4 Å². The number of likely N-dealkylation sites (tertiary alicyclic amines) is 1. The Kier molecular flexibility index (Phi) is 6.41. The van der Waals surface area contributed by atoms with Crippen LogP contribution in [0.4, 0.5) is 18.0 Å². The molecule has 0 radical (unpaired) electrons. The molecule has 1 saturated heterocycles. The number of carboxylic acid groups (broad SMARTS) is 1. The first-order valence-electron chi connectivity index (χ1n) is 7.98. The Morgan fingerprint density at radius 2 is 2.12 bits per heavy atom. The number of urea groups is 1. The van der Waals surface area contributed by atoms with Crippen LogP contribution >= 0.6 is 0 Å². The molecule has 1 saturated carbocycles. The number of nitrogens with zero attached hydrogens (tertiary/aromatic N) is 2. The Balaban J connectivity index is 0.000000298. The molecule has 1 aromatic heterocycles. The van der Waals surface area contributed by atoms with Crippen LogP contribution in [-0.2, 0) is 16.1 Å². The summed E-state index contributed by atoms with van der Waals surface area (Å²) in [5, 5.41) is 10.1. The number of aromatic nitrogens is 1. The zero-order valence-electron chi connectivity index (χ0n) is 14.1. The van der Waals surface area contributed by atoms with E-state index in [-0.39, 0.29) is 6.03 Å². The predicted octanol–water partition coefficient (Wildman–Crippen LogP) is 2.03. The highest BCUT2D eigenvalue weighted by Gasteiger charge is 2.46. The minimum absolute atomic E-state index is 0.0332. The van der Waals surface area contributed by atoms with Crippen molar-refractivity contribution in [3.05, 3.63) is 30.1 Å². The van der Waals surface area contributed by atoms with Gasteiger partial charge in [0.2, 0.25) is 0 Å². The van der Waals surface area contributed by atoms with Crippen molar-refractivity contribution in [1.82, 2.24) is 15.2 Å². The molecule has 2 amide bonds. The van der Waals surface area contributed by atoms with E-state index in [0.29, 0.717) is 24.6 Å². The second-order valence-electron chi connectivity index (χ2n) is 6.13. The summed E-state index contributed by atoms with van der Waals surface area (Å²) in [6.07, 6.45) is 0.820. The Bertz CT molecular complexity index is 627. The van der Waals surface area contributed by atoms with Gasteiger partial charge in [-0.25, -0.2) is 9.59 Å². The number of hydrogen-bond donors (Lipinski definition) is 2. The highest BCUT2D eigenvalue weighted by atomic mass is 19.4. The molecule has 3 atom stereocenters. The van der Waals surface area contributed by atoms with Gasteiger partial charge in [0.25, 0.3) is 0 Å². The van der Waals surface area contributed by atoms with Gasteiger partial charge in [-0.15, -0.1) is 0 Å². The van der Waals surface area contributed by atoms with Crippen LogP contribution in [-0.4, -0.2) is 59.0 Å². The number of halogens is 3. The SMILES string of the molecule is COC1CC2CC1CN2C(=O)NCc1cccnc1.O=C(O)C(F)(F)F. The highest BCUT2D eigenvalue weighted by Crippen LogP contribution is 2.39. The molecule has 3 unspecified atom stereocenters. The van der Waals surface area contributed by atoms with Crippen molar-refractivity contribution in [2.75, 3.05) is 13.7 Å². The summed E-state index contributed by atoms with van der Waals surface area (Å²) < 4.78 is 37.2. The molecule has 144 valence electrons. The molecule has 7 nitrogen and oxygen atoms in total. The summed E-state index contributed by atoms with van der Waals surface area (Å²) in [6.45, 7) is 1.36. The number of carbonyl (C=O) groups is 2. The maximum Gasteiger partial charge on any atom is 0.490 e. The number of rotatable bonds is 3. The fourth-order valence-electron chi connectivity index (χ4n) is 3.23. The summed E-state index contributed by atoms with van der Waals surface area (Å²) in [5.74, 6) is -2.24. The smallest absolute Gasteiger partial charge is 0.475 e. The van der Waals surface area contributed by atoms with Crippen molar-refractivity contribution >= 4 is 12.0 Å². The standard InChI is InChI=1S/C14H19N3O2.C2HF3O2/c1-19-13-6-12-5-11(13)9-17(12)14(18)16-8-10-3-2-4-15-7-10;3-2(4,5)1(6)7/h2-4,7,11-13H,5-6,8-9H2,1H3,(H,16,18);(H,6,7). The Morgan fingerprint density at radius 3 is 2.58 bits per heavy atom. The van der Waals surface area contributed by atoms with Crippen LogP contribution in [0.25, 0.3) is 0 Å². The molecule has 0 spiro atoms. The molecule has 3 rings (SSSR count). The minimum atomic E-state index is -5.08. The average Bonchev–Trinajstić information content (AvgIpc) is 3.20. The van der Waals surface area contributed by atoms with Gasteiger partial charge in [-0.1, -0.05) is 6.07 Å². The molecule has 2 N–H and O–H groups in total. The summed E-state index contributed by atoms with van der Waals surface area (Å²) in [7, 11) is 1.76. The van der Waals surface area contributed by atoms with Crippen LogP contribution in [0.3, 0.4) is 0 Å². The molecule has 2 fully saturated rings. The summed E-state index contributed by atoms with van der Waals surface area (Å²) in [6, 6.07) is 4.22. The van der Waals surface area contributed by atoms with Crippen molar-refractivity contribution in [3.63, 3.8) is 0 Å². The van der Waals surface area contributed by atoms with Gasteiger partial charge in [0.1, 0.15) is 0 Å². The van der Waals surface area contributed by atoms with E-state index in [0.717, 1.165) is 24.9 Å². The molecule has 2 bridgehead atoms. The Labute approximate surface area is 148 Å². The number of aliphatic carboxylic acids is 1. The van der Waals surface area contributed by atoms with Crippen molar-refractivity contribution in [1.29, 1.82) is 0 Å². The van der Waals surface area contributed by atoms with E-state index in [1.807, 2.05) is 17.0 Å². The third-order valence-electron chi connectivity index (χ3n) is 4.45. The van der Waals surface area contributed by atoms with Gasteiger partial charge in [-0.3, -0.25) is 4.98 Å². The third kappa shape index (κ3) is 5.07. The lowest BCUT2D eigenvalue weighted by Gasteiger charge is -2.30. The largest absolute Gasteiger partial charge is 0.490 e. The number of fused-ring (bicyclic) bond motifs is 2. The van der Waals surface area contributed by atoms with E-state index >= 15 is 0 Å². The van der Waals surface area contributed by atoms with E-state index in [1.165, 1.54) is 0 Å². The second-order valence-corrected chi connectivity index (χ2v) is 6.13. The molecule has 1 aromatic rings. The minimum Gasteiger partial charge on any atom is -0.475 e.